The molecule has 1 heterocycles. The zero-order valence-electron chi connectivity index (χ0n) is 20.3. The Kier molecular flexibility index (Phi) is 8.96. The molecule has 1 N–H and O–H groups in total. The van der Waals surface area contributed by atoms with Gasteiger partial charge in [-0.1, -0.05) is 61.7 Å². The van der Waals surface area contributed by atoms with E-state index < -0.39 is 6.04 Å². The van der Waals surface area contributed by atoms with Crippen LogP contribution in [0.25, 0.3) is 0 Å². The molecule has 5 nitrogen and oxygen atoms in total. The fraction of sp³-hybridized carbons (Fsp3) is 0.379. The molecule has 0 spiro atoms. The molecular weight excluding hydrogens is 456 g/mol. The van der Waals surface area contributed by atoms with Crippen LogP contribution in [-0.2, 0) is 22.4 Å². The first-order chi connectivity index (χ1) is 17.1. The Balaban J connectivity index is 1.60. The van der Waals surface area contributed by atoms with Crippen LogP contribution >= 0.6 is 11.3 Å². The lowest BCUT2D eigenvalue weighted by Crippen LogP contribution is -2.48. The van der Waals surface area contributed by atoms with E-state index in [-0.39, 0.29) is 24.3 Å². The first kappa shape index (κ1) is 25.0. The van der Waals surface area contributed by atoms with Crippen LogP contribution in [0.15, 0.2) is 71.4 Å². The van der Waals surface area contributed by atoms with E-state index in [1.807, 2.05) is 71.4 Å². The lowest BCUT2D eigenvalue weighted by atomic mass is 9.94. The van der Waals surface area contributed by atoms with E-state index in [9.17, 15) is 9.59 Å². The molecule has 4 rings (SSSR count). The smallest absolute Gasteiger partial charge is 0.247 e. The summed E-state index contributed by atoms with van der Waals surface area (Å²) in [6, 6.07) is 19.1. The fourth-order valence-electron chi connectivity index (χ4n) is 4.74. The number of ether oxygens (including phenoxy) is 1. The molecule has 0 unspecified atom stereocenters. The summed E-state index contributed by atoms with van der Waals surface area (Å²) in [5, 5.41) is 7.26. The van der Waals surface area contributed by atoms with Crippen LogP contribution in [0.4, 0.5) is 0 Å². The number of benzene rings is 2. The Morgan fingerprint density at radius 1 is 1.00 bits per heavy atom. The number of thiophene rings is 1. The first-order valence-corrected chi connectivity index (χ1v) is 13.4. The van der Waals surface area contributed by atoms with Gasteiger partial charge in [-0.2, -0.15) is 11.3 Å². The third-order valence-electron chi connectivity index (χ3n) is 6.68. The van der Waals surface area contributed by atoms with Gasteiger partial charge in [0.15, 0.2) is 0 Å². The fourth-order valence-corrected chi connectivity index (χ4v) is 5.41. The number of nitrogens with zero attached hydrogens (tertiary/aromatic N) is 1. The number of hydrogen-bond acceptors (Lipinski definition) is 4. The van der Waals surface area contributed by atoms with Crippen molar-refractivity contribution < 1.29 is 14.3 Å². The topological polar surface area (TPSA) is 58.6 Å². The molecule has 1 saturated carbocycles. The van der Waals surface area contributed by atoms with Crippen LogP contribution in [-0.4, -0.2) is 36.4 Å². The summed E-state index contributed by atoms with van der Waals surface area (Å²) >= 11 is 1.58. The van der Waals surface area contributed by atoms with Crippen LogP contribution in [0.3, 0.4) is 0 Å². The van der Waals surface area contributed by atoms with Crippen molar-refractivity contribution in [2.45, 2.75) is 57.0 Å². The van der Waals surface area contributed by atoms with Gasteiger partial charge in [0, 0.05) is 12.6 Å². The van der Waals surface area contributed by atoms with Gasteiger partial charge in [-0.05, 0) is 64.9 Å². The van der Waals surface area contributed by atoms with Gasteiger partial charge in [0.2, 0.25) is 11.8 Å². The van der Waals surface area contributed by atoms with Gasteiger partial charge in [-0.15, -0.1) is 0 Å². The van der Waals surface area contributed by atoms with Crippen molar-refractivity contribution in [3.8, 4) is 5.75 Å². The zero-order chi connectivity index (χ0) is 24.5. The Hall–Kier alpha value is -3.12. The summed E-state index contributed by atoms with van der Waals surface area (Å²) in [6.45, 7) is 0.451. The lowest BCUT2D eigenvalue weighted by molar-refractivity contribution is -0.140. The molecule has 2 amide bonds. The maximum Gasteiger partial charge on any atom is 0.247 e. The summed E-state index contributed by atoms with van der Waals surface area (Å²) < 4.78 is 5.27. The SMILES string of the molecule is COc1ccc(CCN(C(=O)Cc2ccsc2)[C@H](C(=O)NC2CCCCC2)c2ccccc2)cc1. The number of methoxy groups -OCH3 is 1. The number of carbonyl (C=O) groups is 2. The van der Waals surface area contributed by atoms with Crippen LogP contribution in [0.1, 0.15) is 54.8 Å². The van der Waals surface area contributed by atoms with Crippen molar-refractivity contribution in [2.75, 3.05) is 13.7 Å². The van der Waals surface area contributed by atoms with Crippen molar-refractivity contribution in [2.24, 2.45) is 0 Å². The molecule has 1 aliphatic carbocycles. The highest BCUT2D eigenvalue weighted by atomic mass is 32.1. The molecular formula is C29H34N2O3S. The highest BCUT2D eigenvalue weighted by Crippen LogP contribution is 2.26. The van der Waals surface area contributed by atoms with Gasteiger partial charge < -0.3 is 15.0 Å². The minimum absolute atomic E-state index is 0.0374. The minimum Gasteiger partial charge on any atom is -0.497 e. The van der Waals surface area contributed by atoms with Crippen molar-refractivity contribution in [3.05, 3.63) is 88.1 Å². The van der Waals surface area contributed by atoms with E-state index in [0.717, 1.165) is 48.1 Å². The minimum atomic E-state index is -0.664. The van der Waals surface area contributed by atoms with Crippen molar-refractivity contribution >= 4 is 23.2 Å². The van der Waals surface area contributed by atoms with Crippen LogP contribution in [0.5, 0.6) is 5.75 Å². The van der Waals surface area contributed by atoms with Gasteiger partial charge >= 0.3 is 0 Å². The number of amides is 2. The first-order valence-electron chi connectivity index (χ1n) is 12.4. The molecule has 1 aromatic heterocycles. The van der Waals surface area contributed by atoms with E-state index >= 15 is 0 Å². The predicted octanol–water partition coefficient (Wildman–Crippen LogP) is 5.56. The normalized spacial score (nSPS) is 14.8. The standard InChI is InChI=1S/C29H34N2O3S/c1-34-26-14-12-22(13-15-26)16-18-31(27(32)20-23-17-19-35-21-23)28(24-8-4-2-5-9-24)29(33)30-25-10-6-3-7-11-25/h2,4-5,8-9,12-15,17,19,21,25,28H,3,6-7,10-11,16,18,20H2,1H3,(H,30,33)/t28-/m0/s1. The van der Waals surface area contributed by atoms with E-state index in [4.69, 9.17) is 4.74 Å². The van der Waals surface area contributed by atoms with Gasteiger partial charge in [0.05, 0.1) is 13.5 Å². The Labute approximate surface area is 212 Å². The number of rotatable bonds is 10. The lowest BCUT2D eigenvalue weighted by Gasteiger charge is -2.33. The molecule has 2 aromatic carbocycles. The van der Waals surface area contributed by atoms with E-state index in [1.54, 1.807) is 23.3 Å². The van der Waals surface area contributed by atoms with Crippen LogP contribution < -0.4 is 10.1 Å². The molecule has 184 valence electrons. The second-order valence-corrected chi connectivity index (χ2v) is 9.93. The molecule has 6 heteroatoms. The molecule has 0 saturated heterocycles. The molecule has 3 aromatic rings. The zero-order valence-corrected chi connectivity index (χ0v) is 21.1. The highest BCUT2D eigenvalue weighted by molar-refractivity contribution is 7.08. The van der Waals surface area contributed by atoms with Crippen molar-refractivity contribution in [3.63, 3.8) is 0 Å². The molecule has 1 aliphatic rings. The van der Waals surface area contributed by atoms with Crippen molar-refractivity contribution in [1.82, 2.24) is 10.2 Å². The van der Waals surface area contributed by atoms with Crippen LogP contribution in [0, 0.1) is 0 Å². The largest absolute Gasteiger partial charge is 0.497 e. The maximum atomic E-state index is 13.7. The quantitative estimate of drug-likeness (QED) is 0.405. The molecule has 0 radical (unpaired) electrons. The summed E-state index contributed by atoms with van der Waals surface area (Å²) in [6.07, 6.45) is 6.44. The predicted molar refractivity (Wildman–Crippen MR) is 141 cm³/mol. The summed E-state index contributed by atoms with van der Waals surface area (Å²) in [4.78, 5) is 29.2. The van der Waals surface area contributed by atoms with Crippen LogP contribution in [0.2, 0.25) is 0 Å². The Bertz CT molecular complexity index is 1060. The van der Waals surface area contributed by atoms with E-state index in [0.29, 0.717) is 13.0 Å². The van der Waals surface area contributed by atoms with Crippen molar-refractivity contribution in [1.29, 1.82) is 0 Å². The average molecular weight is 491 g/mol. The molecule has 1 fully saturated rings. The number of nitrogens with one attached hydrogen (secondary N) is 1. The van der Waals surface area contributed by atoms with Gasteiger partial charge in [0.25, 0.3) is 0 Å². The summed E-state index contributed by atoms with van der Waals surface area (Å²) in [5.74, 6) is 0.675. The highest BCUT2D eigenvalue weighted by Gasteiger charge is 2.32. The Morgan fingerprint density at radius 2 is 1.74 bits per heavy atom. The monoisotopic (exact) mass is 490 g/mol. The van der Waals surface area contributed by atoms with Gasteiger partial charge in [-0.3, -0.25) is 9.59 Å². The summed E-state index contributed by atoms with van der Waals surface area (Å²) in [5.41, 5.74) is 2.92. The van der Waals surface area contributed by atoms with Gasteiger partial charge in [-0.25, -0.2) is 0 Å². The Morgan fingerprint density at radius 3 is 2.40 bits per heavy atom. The second kappa shape index (κ2) is 12.5. The molecule has 0 bridgehead atoms. The third-order valence-corrected chi connectivity index (χ3v) is 7.42. The van der Waals surface area contributed by atoms with E-state index in [2.05, 4.69) is 5.32 Å². The second-order valence-electron chi connectivity index (χ2n) is 9.15. The maximum absolute atomic E-state index is 13.7. The molecule has 35 heavy (non-hydrogen) atoms. The molecule has 0 aliphatic heterocycles. The number of carbonyl (C=O) groups excluding carboxylic acids is 2. The summed E-state index contributed by atoms with van der Waals surface area (Å²) in [7, 11) is 1.65. The molecule has 1 atom stereocenters. The van der Waals surface area contributed by atoms with E-state index in [1.165, 1.54) is 6.42 Å². The number of hydrogen-bond donors (Lipinski definition) is 1. The third kappa shape index (κ3) is 6.95. The van der Waals surface area contributed by atoms with Gasteiger partial charge in [0.1, 0.15) is 11.8 Å². The average Bonchev–Trinajstić information content (AvgIpc) is 3.41.